The summed E-state index contributed by atoms with van der Waals surface area (Å²) in [5.41, 5.74) is 0.368. The molecule has 1 amide bonds. The Bertz CT molecular complexity index is 432. The summed E-state index contributed by atoms with van der Waals surface area (Å²) in [6.07, 6.45) is 1.06. The highest BCUT2D eigenvalue weighted by Crippen LogP contribution is 2.22. The second-order valence-electron chi connectivity index (χ2n) is 4.00. The van der Waals surface area contributed by atoms with Gasteiger partial charge in [0.2, 0.25) is 0 Å². The molecule has 8 heteroatoms. The van der Waals surface area contributed by atoms with Gasteiger partial charge in [0.25, 0.3) is 5.91 Å². The van der Waals surface area contributed by atoms with Gasteiger partial charge < -0.3 is 10.6 Å². The number of rotatable bonds is 4. The van der Waals surface area contributed by atoms with Crippen LogP contribution in [-0.2, 0) is 0 Å². The molecule has 1 saturated heterocycles. The highest BCUT2D eigenvalue weighted by atomic mass is 35.5. The van der Waals surface area contributed by atoms with Crippen LogP contribution in [0.5, 0.6) is 0 Å². The molecule has 1 aliphatic rings. The Kier molecular flexibility index (Phi) is 5.52. The maximum atomic E-state index is 11.7. The predicted octanol–water partition coefficient (Wildman–Crippen LogP) is 1.42. The van der Waals surface area contributed by atoms with Crippen molar-refractivity contribution in [1.82, 2.24) is 10.6 Å². The molecule has 1 aliphatic heterocycles. The SMILES string of the molecule is Cl.O=C(NCC1CCNC1)c1csc([N+](=O)[O-])c1. The average Bonchev–Trinajstić information content (AvgIpc) is 2.96. The molecule has 2 rings (SSSR count). The lowest BCUT2D eigenvalue weighted by atomic mass is 10.1. The lowest BCUT2D eigenvalue weighted by molar-refractivity contribution is -0.380. The molecule has 0 aliphatic carbocycles. The molecular weight excluding hydrogens is 278 g/mol. The van der Waals surface area contributed by atoms with E-state index < -0.39 is 4.92 Å². The van der Waals surface area contributed by atoms with Crippen molar-refractivity contribution in [2.45, 2.75) is 6.42 Å². The molecule has 0 saturated carbocycles. The first kappa shape index (κ1) is 14.9. The number of hydrogen-bond acceptors (Lipinski definition) is 5. The zero-order valence-corrected chi connectivity index (χ0v) is 11.2. The Labute approximate surface area is 114 Å². The molecule has 1 aromatic heterocycles. The van der Waals surface area contributed by atoms with E-state index in [1.54, 1.807) is 0 Å². The Morgan fingerprint density at radius 2 is 2.44 bits per heavy atom. The Balaban J connectivity index is 0.00000162. The van der Waals surface area contributed by atoms with Gasteiger partial charge >= 0.3 is 5.00 Å². The van der Waals surface area contributed by atoms with Crippen LogP contribution in [0.4, 0.5) is 5.00 Å². The minimum atomic E-state index is -0.484. The van der Waals surface area contributed by atoms with Gasteiger partial charge in [0, 0.05) is 18.0 Å². The number of nitro groups is 1. The van der Waals surface area contributed by atoms with Gasteiger partial charge in [0.15, 0.2) is 0 Å². The van der Waals surface area contributed by atoms with Crippen molar-refractivity contribution in [3.63, 3.8) is 0 Å². The van der Waals surface area contributed by atoms with E-state index in [2.05, 4.69) is 10.6 Å². The van der Waals surface area contributed by atoms with Crippen molar-refractivity contribution < 1.29 is 9.72 Å². The summed E-state index contributed by atoms with van der Waals surface area (Å²) in [5, 5.41) is 18.0. The van der Waals surface area contributed by atoms with E-state index in [4.69, 9.17) is 0 Å². The maximum Gasteiger partial charge on any atom is 0.324 e. The molecule has 1 atom stereocenters. The van der Waals surface area contributed by atoms with Gasteiger partial charge in [-0.3, -0.25) is 14.9 Å². The van der Waals surface area contributed by atoms with E-state index in [0.29, 0.717) is 18.0 Å². The Morgan fingerprint density at radius 3 is 3.00 bits per heavy atom. The minimum Gasteiger partial charge on any atom is -0.352 e. The van der Waals surface area contributed by atoms with Crippen LogP contribution in [0.15, 0.2) is 11.4 Å². The predicted molar refractivity (Wildman–Crippen MR) is 71.5 cm³/mol. The summed E-state index contributed by atoms with van der Waals surface area (Å²) in [6, 6.07) is 1.31. The van der Waals surface area contributed by atoms with Crippen LogP contribution in [0.2, 0.25) is 0 Å². The number of hydrogen-bond donors (Lipinski definition) is 2. The Hall–Kier alpha value is -1.18. The molecule has 0 aromatic carbocycles. The van der Waals surface area contributed by atoms with E-state index in [1.165, 1.54) is 11.4 Å². The molecule has 2 N–H and O–H groups in total. The molecule has 0 bridgehead atoms. The highest BCUT2D eigenvalue weighted by molar-refractivity contribution is 7.13. The summed E-state index contributed by atoms with van der Waals surface area (Å²) >= 11 is 0.972. The zero-order chi connectivity index (χ0) is 12.3. The van der Waals surface area contributed by atoms with Gasteiger partial charge in [0.1, 0.15) is 0 Å². The fraction of sp³-hybridized carbons (Fsp3) is 0.500. The number of halogens is 1. The van der Waals surface area contributed by atoms with Crippen molar-refractivity contribution >= 4 is 34.7 Å². The molecule has 1 fully saturated rings. The number of nitrogens with one attached hydrogen (secondary N) is 2. The van der Waals surface area contributed by atoms with Crippen molar-refractivity contribution in [2.24, 2.45) is 5.92 Å². The van der Waals surface area contributed by atoms with Crippen molar-refractivity contribution in [1.29, 1.82) is 0 Å². The van der Waals surface area contributed by atoms with E-state index in [-0.39, 0.29) is 23.3 Å². The average molecular weight is 292 g/mol. The highest BCUT2D eigenvalue weighted by Gasteiger charge is 2.18. The summed E-state index contributed by atoms with van der Waals surface area (Å²) in [5.74, 6) is 0.230. The van der Waals surface area contributed by atoms with Gasteiger partial charge in [0.05, 0.1) is 10.5 Å². The van der Waals surface area contributed by atoms with Crippen molar-refractivity contribution in [2.75, 3.05) is 19.6 Å². The smallest absolute Gasteiger partial charge is 0.324 e. The first-order chi connectivity index (χ1) is 8.16. The second-order valence-corrected chi connectivity index (χ2v) is 4.89. The van der Waals surface area contributed by atoms with Crippen LogP contribution in [0.25, 0.3) is 0 Å². The molecule has 100 valence electrons. The van der Waals surface area contributed by atoms with E-state index >= 15 is 0 Å². The largest absolute Gasteiger partial charge is 0.352 e. The number of amides is 1. The molecule has 18 heavy (non-hydrogen) atoms. The summed E-state index contributed by atoms with van der Waals surface area (Å²) in [6.45, 7) is 2.53. The van der Waals surface area contributed by atoms with Gasteiger partial charge in [-0.25, -0.2) is 0 Å². The molecule has 1 unspecified atom stereocenters. The Morgan fingerprint density at radius 1 is 1.67 bits per heavy atom. The summed E-state index contributed by atoms with van der Waals surface area (Å²) < 4.78 is 0. The van der Waals surface area contributed by atoms with Gasteiger partial charge in [-0.1, -0.05) is 11.3 Å². The van der Waals surface area contributed by atoms with Crippen LogP contribution < -0.4 is 10.6 Å². The molecule has 2 heterocycles. The first-order valence-electron chi connectivity index (χ1n) is 5.38. The number of carbonyl (C=O) groups excluding carboxylic acids is 1. The van der Waals surface area contributed by atoms with E-state index in [9.17, 15) is 14.9 Å². The van der Waals surface area contributed by atoms with Crippen molar-refractivity contribution in [3.05, 3.63) is 27.1 Å². The van der Waals surface area contributed by atoms with Crippen LogP contribution in [0.1, 0.15) is 16.8 Å². The summed E-state index contributed by atoms with van der Waals surface area (Å²) in [4.78, 5) is 21.7. The quantitative estimate of drug-likeness (QED) is 0.649. The van der Waals surface area contributed by atoms with Crippen LogP contribution in [-0.4, -0.2) is 30.5 Å². The van der Waals surface area contributed by atoms with Crippen LogP contribution in [0.3, 0.4) is 0 Å². The lowest BCUT2D eigenvalue weighted by Gasteiger charge is -2.08. The maximum absolute atomic E-state index is 11.7. The fourth-order valence-electron chi connectivity index (χ4n) is 1.77. The standard InChI is InChI=1S/C10H13N3O3S.ClH/c14-10(12-5-7-1-2-11-4-7)8-3-9(13(15)16)17-6-8;/h3,6-7,11H,1-2,4-5H2,(H,12,14);1H. The van der Waals surface area contributed by atoms with E-state index in [0.717, 1.165) is 30.8 Å². The normalized spacial score (nSPS) is 18.1. The molecular formula is C10H14ClN3O3S. The molecule has 6 nitrogen and oxygen atoms in total. The number of carbonyl (C=O) groups is 1. The number of nitrogens with zero attached hydrogens (tertiary/aromatic N) is 1. The lowest BCUT2D eigenvalue weighted by Crippen LogP contribution is -2.29. The third-order valence-electron chi connectivity index (χ3n) is 2.74. The third-order valence-corrected chi connectivity index (χ3v) is 3.62. The number of thiophene rings is 1. The van der Waals surface area contributed by atoms with Crippen molar-refractivity contribution in [3.8, 4) is 0 Å². The zero-order valence-electron chi connectivity index (χ0n) is 9.55. The monoisotopic (exact) mass is 291 g/mol. The first-order valence-corrected chi connectivity index (χ1v) is 6.26. The fourth-order valence-corrected chi connectivity index (χ4v) is 2.47. The van der Waals surface area contributed by atoms with E-state index in [1.807, 2.05) is 0 Å². The molecule has 1 aromatic rings. The van der Waals surface area contributed by atoms with Gasteiger partial charge in [-0.15, -0.1) is 12.4 Å². The van der Waals surface area contributed by atoms with Crippen LogP contribution in [0, 0.1) is 16.0 Å². The molecule has 0 radical (unpaired) electrons. The second kappa shape index (κ2) is 6.67. The van der Waals surface area contributed by atoms with Gasteiger partial charge in [-0.2, -0.15) is 0 Å². The summed E-state index contributed by atoms with van der Waals surface area (Å²) in [7, 11) is 0. The van der Waals surface area contributed by atoms with Gasteiger partial charge in [-0.05, 0) is 25.4 Å². The third kappa shape index (κ3) is 3.66. The molecule has 0 spiro atoms. The topological polar surface area (TPSA) is 84.3 Å². The minimum absolute atomic E-state index is 0. The van der Waals surface area contributed by atoms with Crippen LogP contribution >= 0.6 is 23.7 Å².